The molecule has 0 saturated carbocycles. The van der Waals surface area contributed by atoms with Gasteiger partial charge in [0.2, 0.25) is 0 Å². The van der Waals surface area contributed by atoms with Crippen LogP contribution in [0, 0.1) is 17.6 Å². The lowest BCUT2D eigenvalue weighted by atomic mass is 9.87. The molecule has 0 aromatic heterocycles. The monoisotopic (exact) mass is 275 g/mol. The molecule has 0 bridgehead atoms. The molecule has 1 N–H and O–H groups in total. The van der Waals surface area contributed by atoms with Gasteiger partial charge in [0, 0.05) is 24.3 Å². The first kappa shape index (κ1) is 13.7. The fourth-order valence-corrected chi connectivity index (χ4v) is 2.74. The lowest BCUT2D eigenvalue weighted by Crippen LogP contribution is -2.30. The summed E-state index contributed by atoms with van der Waals surface area (Å²) in [6.07, 6.45) is 1.78. The van der Waals surface area contributed by atoms with E-state index >= 15 is 0 Å². The Labute approximate surface area is 110 Å². The minimum atomic E-state index is -0.911. The predicted octanol–water partition coefficient (Wildman–Crippen LogP) is 3.31. The first-order chi connectivity index (χ1) is 8.63. The third kappa shape index (κ3) is 2.82. The molecule has 1 aliphatic rings. The molecule has 2 nitrogen and oxygen atoms in total. The highest BCUT2D eigenvalue weighted by Gasteiger charge is 2.26. The zero-order valence-electron chi connectivity index (χ0n) is 10.2. The maximum atomic E-state index is 13.3. The van der Waals surface area contributed by atoms with E-state index in [1.807, 2.05) is 0 Å². The van der Waals surface area contributed by atoms with E-state index in [-0.39, 0.29) is 11.1 Å². The molecule has 18 heavy (non-hydrogen) atoms. The highest BCUT2D eigenvalue weighted by Crippen LogP contribution is 2.34. The van der Waals surface area contributed by atoms with Crippen LogP contribution in [-0.2, 0) is 4.74 Å². The van der Waals surface area contributed by atoms with Gasteiger partial charge in [0.05, 0.1) is 0 Å². The average Bonchev–Trinajstić information content (AvgIpc) is 2.38. The second-order valence-electron chi connectivity index (χ2n) is 4.50. The van der Waals surface area contributed by atoms with Gasteiger partial charge in [0.15, 0.2) is 11.6 Å². The third-order valence-corrected chi connectivity index (χ3v) is 3.75. The van der Waals surface area contributed by atoms with Gasteiger partial charge in [-0.2, -0.15) is 0 Å². The van der Waals surface area contributed by atoms with Crippen LogP contribution in [0.3, 0.4) is 0 Å². The van der Waals surface area contributed by atoms with E-state index in [9.17, 15) is 8.78 Å². The van der Waals surface area contributed by atoms with Gasteiger partial charge in [0.1, 0.15) is 0 Å². The second kappa shape index (κ2) is 5.95. The first-order valence-corrected chi connectivity index (χ1v) is 6.40. The maximum Gasteiger partial charge on any atom is 0.160 e. The Morgan fingerprint density at radius 3 is 2.50 bits per heavy atom. The molecule has 1 fully saturated rings. The summed E-state index contributed by atoms with van der Waals surface area (Å²) in [5.74, 6) is -1.45. The van der Waals surface area contributed by atoms with Gasteiger partial charge in [-0.1, -0.05) is 11.6 Å². The minimum Gasteiger partial charge on any atom is -0.381 e. The lowest BCUT2D eigenvalue weighted by molar-refractivity contribution is 0.0546. The number of benzene rings is 1. The average molecular weight is 276 g/mol. The standard InChI is InChI=1S/C13H16ClF2NO/c1-17-13(8-2-4-18-5-3-8)9-6-11(15)12(16)7-10(9)14/h6-8,13,17H,2-5H2,1H3. The fraction of sp³-hybridized carbons (Fsp3) is 0.538. The molecule has 0 radical (unpaired) electrons. The van der Waals surface area contributed by atoms with Gasteiger partial charge in [0.25, 0.3) is 0 Å². The molecule has 0 spiro atoms. The zero-order valence-corrected chi connectivity index (χ0v) is 10.9. The van der Waals surface area contributed by atoms with E-state index in [1.165, 1.54) is 6.07 Å². The molecule has 100 valence electrons. The number of ether oxygens (including phenoxy) is 1. The van der Waals surface area contributed by atoms with Gasteiger partial charge in [-0.15, -0.1) is 0 Å². The highest BCUT2D eigenvalue weighted by atomic mass is 35.5. The Balaban J connectivity index is 2.28. The SMILES string of the molecule is CNC(c1cc(F)c(F)cc1Cl)C1CCOCC1. The normalized spacial score (nSPS) is 18.9. The molecular formula is C13H16ClF2NO. The van der Waals surface area contributed by atoms with Crippen molar-refractivity contribution < 1.29 is 13.5 Å². The smallest absolute Gasteiger partial charge is 0.160 e. The topological polar surface area (TPSA) is 21.3 Å². The van der Waals surface area contributed by atoms with Crippen molar-refractivity contribution in [2.45, 2.75) is 18.9 Å². The molecule has 1 unspecified atom stereocenters. The van der Waals surface area contributed by atoms with E-state index in [0.717, 1.165) is 18.9 Å². The summed E-state index contributed by atoms with van der Waals surface area (Å²) in [7, 11) is 1.80. The van der Waals surface area contributed by atoms with Crippen LogP contribution < -0.4 is 5.32 Å². The van der Waals surface area contributed by atoms with Crippen molar-refractivity contribution in [3.8, 4) is 0 Å². The van der Waals surface area contributed by atoms with Gasteiger partial charge < -0.3 is 10.1 Å². The van der Waals surface area contributed by atoms with Crippen molar-refractivity contribution in [2.24, 2.45) is 5.92 Å². The molecule has 1 heterocycles. The lowest BCUT2D eigenvalue weighted by Gasteiger charge is -2.31. The highest BCUT2D eigenvalue weighted by molar-refractivity contribution is 6.31. The number of hydrogen-bond donors (Lipinski definition) is 1. The van der Waals surface area contributed by atoms with Crippen LogP contribution in [0.5, 0.6) is 0 Å². The van der Waals surface area contributed by atoms with Crippen molar-refractivity contribution in [2.75, 3.05) is 20.3 Å². The van der Waals surface area contributed by atoms with Crippen LogP contribution in [0.1, 0.15) is 24.4 Å². The Hall–Kier alpha value is -0.710. The molecule has 0 amide bonds. The predicted molar refractivity (Wildman–Crippen MR) is 66.7 cm³/mol. The molecule has 0 aliphatic carbocycles. The number of hydrogen-bond acceptors (Lipinski definition) is 2. The molecule has 1 aromatic carbocycles. The van der Waals surface area contributed by atoms with Crippen LogP contribution in [0.4, 0.5) is 8.78 Å². The van der Waals surface area contributed by atoms with Crippen LogP contribution in [0.2, 0.25) is 5.02 Å². The molecule has 2 rings (SSSR count). The van der Waals surface area contributed by atoms with Crippen molar-refractivity contribution >= 4 is 11.6 Å². The van der Waals surface area contributed by atoms with E-state index in [1.54, 1.807) is 7.05 Å². The Bertz CT molecular complexity index is 422. The summed E-state index contributed by atoms with van der Waals surface area (Å²) in [6.45, 7) is 1.40. The summed E-state index contributed by atoms with van der Waals surface area (Å²) in [5, 5.41) is 3.41. The molecule has 5 heteroatoms. The van der Waals surface area contributed by atoms with Crippen LogP contribution in [0.25, 0.3) is 0 Å². The van der Waals surface area contributed by atoms with Crippen LogP contribution in [-0.4, -0.2) is 20.3 Å². The zero-order chi connectivity index (χ0) is 13.1. The first-order valence-electron chi connectivity index (χ1n) is 6.03. The van der Waals surface area contributed by atoms with E-state index in [0.29, 0.717) is 24.7 Å². The Morgan fingerprint density at radius 2 is 1.89 bits per heavy atom. The van der Waals surface area contributed by atoms with Gasteiger partial charge in [-0.3, -0.25) is 0 Å². The molecular weight excluding hydrogens is 260 g/mol. The quantitative estimate of drug-likeness (QED) is 0.855. The van der Waals surface area contributed by atoms with Crippen molar-refractivity contribution in [1.82, 2.24) is 5.32 Å². The third-order valence-electron chi connectivity index (χ3n) is 3.42. The van der Waals surface area contributed by atoms with Gasteiger partial charge in [-0.05, 0) is 43.5 Å². The number of nitrogens with one attached hydrogen (secondary N) is 1. The minimum absolute atomic E-state index is 0.0727. The van der Waals surface area contributed by atoms with Crippen molar-refractivity contribution in [3.63, 3.8) is 0 Å². The molecule has 1 saturated heterocycles. The van der Waals surface area contributed by atoms with Gasteiger partial charge >= 0.3 is 0 Å². The van der Waals surface area contributed by atoms with E-state index in [2.05, 4.69) is 5.32 Å². The summed E-state index contributed by atoms with van der Waals surface area (Å²) in [4.78, 5) is 0. The van der Waals surface area contributed by atoms with Crippen molar-refractivity contribution in [1.29, 1.82) is 0 Å². The number of halogens is 3. The van der Waals surface area contributed by atoms with Crippen LogP contribution >= 0.6 is 11.6 Å². The van der Waals surface area contributed by atoms with Gasteiger partial charge in [-0.25, -0.2) is 8.78 Å². The second-order valence-corrected chi connectivity index (χ2v) is 4.91. The Morgan fingerprint density at radius 1 is 1.28 bits per heavy atom. The Kier molecular flexibility index (Phi) is 4.54. The molecule has 1 atom stereocenters. The fourth-order valence-electron chi connectivity index (χ4n) is 2.47. The van der Waals surface area contributed by atoms with Crippen molar-refractivity contribution in [3.05, 3.63) is 34.4 Å². The summed E-state index contributed by atoms with van der Waals surface area (Å²) >= 11 is 6.02. The van der Waals surface area contributed by atoms with Crippen LogP contribution in [0.15, 0.2) is 12.1 Å². The number of rotatable bonds is 3. The summed E-state index contributed by atoms with van der Waals surface area (Å²) in [5.41, 5.74) is 0.616. The maximum absolute atomic E-state index is 13.3. The van der Waals surface area contributed by atoms with E-state index < -0.39 is 11.6 Å². The molecule has 1 aliphatic heterocycles. The molecule has 1 aromatic rings. The summed E-state index contributed by atoms with van der Waals surface area (Å²) in [6, 6.07) is 2.15. The largest absolute Gasteiger partial charge is 0.381 e. The summed E-state index contributed by atoms with van der Waals surface area (Å²) < 4.78 is 31.7. The van der Waals surface area contributed by atoms with E-state index in [4.69, 9.17) is 16.3 Å².